The van der Waals surface area contributed by atoms with Crippen molar-refractivity contribution in [2.75, 3.05) is 0 Å². The average Bonchev–Trinajstić information content (AvgIpc) is 3.36. The second-order valence-corrected chi connectivity index (χ2v) is 6.91. The summed E-state index contributed by atoms with van der Waals surface area (Å²) in [6, 6.07) is 7.58. The quantitative estimate of drug-likeness (QED) is 0.746. The van der Waals surface area contributed by atoms with Gasteiger partial charge in [0.25, 0.3) is 5.89 Å². The number of hydrogen-bond acceptors (Lipinski definition) is 7. The highest BCUT2D eigenvalue weighted by atomic mass is 16.5. The first kappa shape index (κ1) is 16.8. The van der Waals surface area contributed by atoms with Crippen LogP contribution in [-0.4, -0.2) is 15.3 Å². The number of benzene rings is 1. The molecule has 136 valence electrons. The Balaban J connectivity index is 1.52. The van der Waals surface area contributed by atoms with Gasteiger partial charge in [-0.1, -0.05) is 29.2 Å². The summed E-state index contributed by atoms with van der Waals surface area (Å²) in [4.78, 5) is 4.53. The van der Waals surface area contributed by atoms with E-state index in [0.717, 1.165) is 48.3 Å². The normalized spacial score (nSPS) is 16.1. The molecule has 1 aromatic carbocycles. The molecule has 2 aromatic heterocycles. The van der Waals surface area contributed by atoms with Gasteiger partial charge >= 0.3 is 0 Å². The molecule has 1 saturated carbocycles. The highest BCUT2D eigenvalue weighted by molar-refractivity contribution is 5.55. The van der Waals surface area contributed by atoms with Crippen molar-refractivity contribution in [1.29, 1.82) is 0 Å². The zero-order valence-electron chi connectivity index (χ0n) is 15.0. The Morgan fingerprint density at radius 3 is 2.69 bits per heavy atom. The van der Waals surface area contributed by atoms with Crippen LogP contribution in [0.15, 0.2) is 33.3 Å². The van der Waals surface area contributed by atoms with Gasteiger partial charge in [0.15, 0.2) is 5.82 Å². The number of ether oxygens (including phenoxy) is 1. The maximum absolute atomic E-state index is 6.41. The minimum atomic E-state index is -0.459. The molecule has 0 radical (unpaired) electrons. The smallest absolute Gasteiger partial charge is 0.258 e. The van der Waals surface area contributed by atoms with Crippen molar-refractivity contribution < 1.29 is 13.8 Å². The lowest BCUT2D eigenvalue weighted by Crippen LogP contribution is -2.34. The molecule has 2 N–H and O–H groups in total. The Bertz CT molecular complexity index is 890. The van der Waals surface area contributed by atoms with Gasteiger partial charge in [-0.15, -0.1) is 0 Å². The van der Waals surface area contributed by atoms with Crippen LogP contribution in [0.4, 0.5) is 0 Å². The van der Waals surface area contributed by atoms with Gasteiger partial charge in [-0.05, 0) is 44.9 Å². The van der Waals surface area contributed by atoms with Crippen LogP contribution in [0, 0.1) is 13.8 Å². The van der Waals surface area contributed by atoms with E-state index in [-0.39, 0.29) is 0 Å². The van der Waals surface area contributed by atoms with Crippen LogP contribution in [0.1, 0.15) is 48.5 Å². The minimum Gasteiger partial charge on any atom is -0.489 e. The van der Waals surface area contributed by atoms with Crippen molar-refractivity contribution in [2.24, 2.45) is 5.73 Å². The predicted octanol–water partition coefficient (Wildman–Crippen LogP) is 3.65. The third-order valence-corrected chi connectivity index (χ3v) is 5.01. The SMILES string of the molecule is Cc1noc(C)c1COc1cccc(-c2nc(C3(N)CCCC3)no2)c1. The second kappa shape index (κ2) is 6.57. The van der Waals surface area contributed by atoms with Gasteiger partial charge in [0, 0.05) is 5.56 Å². The van der Waals surface area contributed by atoms with Gasteiger partial charge in [0.1, 0.15) is 18.1 Å². The molecule has 4 rings (SSSR count). The summed E-state index contributed by atoms with van der Waals surface area (Å²) in [6.45, 7) is 4.17. The van der Waals surface area contributed by atoms with E-state index in [1.54, 1.807) is 0 Å². The predicted molar refractivity (Wildman–Crippen MR) is 94.4 cm³/mol. The summed E-state index contributed by atoms with van der Waals surface area (Å²) in [5.74, 6) is 2.53. The van der Waals surface area contributed by atoms with Crippen LogP contribution in [0.2, 0.25) is 0 Å². The van der Waals surface area contributed by atoms with Crippen molar-refractivity contribution in [3.05, 3.63) is 47.1 Å². The first-order valence-corrected chi connectivity index (χ1v) is 8.83. The standard InChI is InChI=1S/C19H22N4O3/c1-12-16(13(2)25-22-12)11-24-15-7-5-6-14(10-15)17-21-18(23-26-17)19(20)8-3-4-9-19/h5-7,10H,3-4,8-9,11,20H2,1-2H3. The fourth-order valence-corrected chi connectivity index (χ4v) is 3.35. The summed E-state index contributed by atoms with van der Waals surface area (Å²) in [6.07, 6.45) is 4.00. The molecule has 0 saturated heterocycles. The van der Waals surface area contributed by atoms with E-state index in [0.29, 0.717) is 24.1 Å². The second-order valence-electron chi connectivity index (χ2n) is 6.91. The van der Waals surface area contributed by atoms with Crippen LogP contribution >= 0.6 is 0 Å². The fourth-order valence-electron chi connectivity index (χ4n) is 3.35. The molecule has 7 heteroatoms. The third-order valence-electron chi connectivity index (χ3n) is 5.01. The van der Waals surface area contributed by atoms with Gasteiger partial charge in [-0.2, -0.15) is 4.98 Å². The zero-order valence-corrected chi connectivity index (χ0v) is 15.0. The van der Waals surface area contributed by atoms with E-state index in [4.69, 9.17) is 19.5 Å². The molecule has 0 unspecified atom stereocenters. The van der Waals surface area contributed by atoms with E-state index in [2.05, 4.69) is 15.3 Å². The van der Waals surface area contributed by atoms with Crippen molar-refractivity contribution in [2.45, 2.75) is 51.7 Å². The molecule has 0 atom stereocenters. The Hall–Kier alpha value is -2.67. The topological polar surface area (TPSA) is 100 Å². The Kier molecular flexibility index (Phi) is 4.24. The summed E-state index contributed by atoms with van der Waals surface area (Å²) in [5, 5.41) is 8.05. The van der Waals surface area contributed by atoms with Crippen molar-refractivity contribution in [3.63, 3.8) is 0 Å². The Morgan fingerprint density at radius 2 is 1.96 bits per heavy atom. The lowest BCUT2D eigenvalue weighted by atomic mass is 9.99. The molecular weight excluding hydrogens is 332 g/mol. The van der Waals surface area contributed by atoms with Crippen molar-refractivity contribution >= 4 is 0 Å². The van der Waals surface area contributed by atoms with Crippen LogP contribution < -0.4 is 10.5 Å². The first-order chi connectivity index (χ1) is 12.5. The molecule has 1 aliphatic carbocycles. The molecule has 0 amide bonds. The van der Waals surface area contributed by atoms with E-state index >= 15 is 0 Å². The minimum absolute atomic E-state index is 0.394. The lowest BCUT2D eigenvalue weighted by Gasteiger charge is -2.17. The van der Waals surface area contributed by atoms with Crippen LogP contribution in [-0.2, 0) is 12.1 Å². The molecule has 7 nitrogen and oxygen atoms in total. The molecule has 26 heavy (non-hydrogen) atoms. The van der Waals surface area contributed by atoms with E-state index < -0.39 is 5.54 Å². The van der Waals surface area contributed by atoms with Gasteiger partial charge in [0.05, 0.1) is 16.8 Å². The highest BCUT2D eigenvalue weighted by Crippen LogP contribution is 2.35. The lowest BCUT2D eigenvalue weighted by molar-refractivity contribution is 0.301. The van der Waals surface area contributed by atoms with Gasteiger partial charge < -0.3 is 19.5 Å². The molecule has 0 spiro atoms. The van der Waals surface area contributed by atoms with Crippen molar-refractivity contribution in [3.8, 4) is 17.2 Å². The average molecular weight is 354 g/mol. The summed E-state index contributed by atoms with van der Waals surface area (Å²) in [7, 11) is 0. The maximum Gasteiger partial charge on any atom is 0.258 e. The number of aromatic nitrogens is 3. The number of hydrogen-bond donors (Lipinski definition) is 1. The molecular formula is C19H22N4O3. The van der Waals surface area contributed by atoms with Crippen LogP contribution in [0.25, 0.3) is 11.5 Å². The monoisotopic (exact) mass is 354 g/mol. The van der Waals surface area contributed by atoms with Crippen LogP contribution in [0.5, 0.6) is 5.75 Å². The number of rotatable bonds is 5. The number of nitrogens with zero attached hydrogens (tertiary/aromatic N) is 3. The van der Waals surface area contributed by atoms with Gasteiger partial charge in [0.2, 0.25) is 0 Å². The summed E-state index contributed by atoms with van der Waals surface area (Å²) >= 11 is 0. The van der Waals surface area contributed by atoms with Gasteiger partial charge in [-0.3, -0.25) is 0 Å². The highest BCUT2D eigenvalue weighted by Gasteiger charge is 2.36. The van der Waals surface area contributed by atoms with E-state index in [1.807, 2.05) is 38.1 Å². The summed E-state index contributed by atoms with van der Waals surface area (Å²) in [5.41, 5.74) is 8.55. The molecule has 1 aliphatic rings. The number of aryl methyl sites for hydroxylation is 2. The molecule has 1 fully saturated rings. The number of nitrogens with two attached hydrogens (primary N) is 1. The largest absolute Gasteiger partial charge is 0.489 e. The van der Waals surface area contributed by atoms with E-state index in [9.17, 15) is 0 Å². The first-order valence-electron chi connectivity index (χ1n) is 8.83. The Morgan fingerprint density at radius 1 is 1.15 bits per heavy atom. The fraction of sp³-hybridized carbons (Fsp3) is 0.421. The molecule has 3 aromatic rings. The molecule has 0 bridgehead atoms. The van der Waals surface area contributed by atoms with E-state index in [1.165, 1.54) is 0 Å². The van der Waals surface area contributed by atoms with Gasteiger partial charge in [-0.25, -0.2) is 0 Å². The van der Waals surface area contributed by atoms with Crippen molar-refractivity contribution in [1.82, 2.24) is 15.3 Å². The maximum atomic E-state index is 6.41. The molecule has 2 heterocycles. The summed E-state index contributed by atoms with van der Waals surface area (Å²) < 4.78 is 16.5. The Labute approximate surface area is 151 Å². The van der Waals surface area contributed by atoms with Crippen LogP contribution in [0.3, 0.4) is 0 Å². The molecule has 0 aliphatic heterocycles. The third kappa shape index (κ3) is 3.10. The zero-order chi connectivity index (χ0) is 18.1.